The van der Waals surface area contributed by atoms with Crippen LogP contribution >= 0.6 is 0 Å². The van der Waals surface area contributed by atoms with Gasteiger partial charge in [-0.15, -0.1) is 0 Å². The number of pyridine rings is 2. The van der Waals surface area contributed by atoms with Crippen molar-refractivity contribution in [2.75, 3.05) is 37.0 Å². The first-order valence-electron chi connectivity index (χ1n) is 12.8. The van der Waals surface area contributed by atoms with Crippen LogP contribution in [0.1, 0.15) is 34.1 Å². The van der Waals surface area contributed by atoms with Crippen LogP contribution < -0.4 is 20.5 Å². The highest BCUT2D eigenvalue weighted by molar-refractivity contribution is 5.59. The van der Waals surface area contributed by atoms with E-state index < -0.39 is 0 Å². The van der Waals surface area contributed by atoms with Crippen LogP contribution in [0.5, 0.6) is 11.5 Å². The lowest BCUT2D eigenvalue weighted by Gasteiger charge is -2.35. The van der Waals surface area contributed by atoms with Crippen molar-refractivity contribution in [3.05, 3.63) is 111 Å². The smallest absolute Gasteiger partial charge is 0.271 e. The molecule has 1 unspecified atom stereocenters. The highest BCUT2D eigenvalue weighted by Gasteiger charge is 2.29. The lowest BCUT2D eigenvalue weighted by Crippen LogP contribution is -2.41. The Morgan fingerprint density at radius 1 is 1.13 bits per heavy atom. The van der Waals surface area contributed by atoms with E-state index in [0.717, 1.165) is 51.6 Å². The molecule has 2 aromatic heterocycles. The third-order valence-electron chi connectivity index (χ3n) is 7.01. The molecule has 0 radical (unpaired) electrons. The zero-order valence-electron chi connectivity index (χ0n) is 21.3. The minimum absolute atomic E-state index is 0.0859. The molecule has 1 fully saturated rings. The molecule has 2 aliphatic rings. The molecular weight excluding hydrogens is 480 g/mol. The molecule has 6 rings (SSSR count). The molecule has 0 aliphatic carbocycles. The molecule has 0 saturated carbocycles. The minimum atomic E-state index is -0.190. The maximum Gasteiger partial charge on any atom is 0.271 e. The molecule has 2 aromatic carbocycles. The molecule has 194 valence electrons. The van der Waals surface area contributed by atoms with E-state index in [4.69, 9.17) is 14.2 Å². The van der Waals surface area contributed by atoms with Crippen molar-refractivity contribution in [1.82, 2.24) is 9.97 Å². The van der Waals surface area contributed by atoms with E-state index in [1.165, 1.54) is 0 Å². The van der Waals surface area contributed by atoms with Gasteiger partial charge in [0.15, 0.2) is 0 Å². The number of nitrogens with one attached hydrogen (secondary N) is 2. The number of rotatable bonds is 7. The van der Waals surface area contributed by atoms with Crippen molar-refractivity contribution in [1.29, 1.82) is 0 Å². The average Bonchev–Trinajstić information content (AvgIpc) is 2.96. The Bertz CT molecular complexity index is 1480. The Labute approximate surface area is 221 Å². The monoisotopic (exact) mass is 510 g/mol. The van der Waals surface area contributed by atoms with Crippen LogP contribution in [0.2, 0.25) is 0 Å². The average molecular weight is 511 g/mol. The quantitative estimate of drug-likeness (QED) is 0.325. The molecule has 0 bridgehead atoms. The van der Waals surface area contributed by atoms with Crippen LogP contribution in [0.3, 0.4) is 0 Å². The summed E-state index contributed by atoms with van der Waals surface area (Å²) in [6, 6.07) is 20.2. The topological polar surface area (TPSA) is 88.7 Å². The maximum absolute atomic E-state index is 12.3. The summed E-state index contributed by atoms with van der Waals surface area (Å²) in [5.74, 6) is 1.71. The lowest BCUT2D eigenvalue weighted by molar-refractivity contribution is 0.0383. The molecule has 4 heterocycles. The van der Waals surface area contributed by atoms with E-state index >= 15 is 0 Å². The number of benzene rings is 2. The number of fused-ring (bicyclic) bond motifs is 2. The predicted molar refractivity (Wildman–Crippen MR) is 146 cm³/mol. The maximum atomic E-state index is 12.3. The van der Waals surface area contributed by atoms with Crippen LogP contribution in [0.4, 0.5) is 11.4 Å². The Balaban J connectivity index is 1.17. The number of hydrogen-bond acceptors (Lipinski definition) is 7. The van der Waals surface area contributed by atoms with Crippen LogP contribution in [0, 0.1) is 0 Å². The summed E-state index contributed by atoms with van der Waals surface area (Å²) in [4.78, 5) is 21.6. The number of para-hydroxylation sites is 1. The Kier molecular flexibility index (Phi) is 6.81. The fourth-order valence-corrected chi connectivity index (χ4v) is 5.08. The van der Waals surface area contributed by atoms with Crippen LogP contribution in [0.15, 0.2) is 77.9 Å². The number of hydrogen-bond donors (Lipinski definition) is 2. The predicted octanol–water partition coefficient (Wildman–Crippen LogP) is 4.80. The Hall–Kier alpha value is -4.14. The van der Waals surface area contributed by atoms with Crippen molar-refractivity contribution in [3.8, 4) is 11.5 Å². The molecule has 1 saturated heterocycles. The summed E-state index contributed by atoms with van der Waals surface area (Å²) < 4.78 is 17.8. The standard InChI is InChI=1S/C30H30N4O4/c1-36-19-24-8-7-20(17-33-24)16-32-23-9-10-27-22(15-23)14-21-4-2-5-25(29(21)38-27)28-18-34(12-13-37-28)26-6-3-11-31-30(26)35/h2-11,15,17,28,32H,12-14,16,18-19H2,1H3,(H,31,35). The minimum Gasteiger partial charge on any atom is -0.456 e. The molecule has 0 spiro atoms. The van der Waals surface area contributed by atoms with Crippen molar-refractivity contribution < 1.29 is 14.2 Å². The molecule has 1 atom stereocenters. The third-order valence-corrected chi connectivity index (χ3v) is 7.01. The van der Waals surface area contributed by atoms with Gasteiger partial charge in [-0.1, -0.05) is 24.3 Å². The van der Waals surface area contributed by atoms with E-state index in [1.807, 2.05) is 36.5 Å². The number of morpholine rings is 1. The number of ether oxygens (including phenoxy) is 3. The number of methoxy groups -OCH3 is 1. The Morgan fingerprint density at radius 2 is 2.08 bits per heavy atom. The summed E-state index contributed by atoms with van der Waals surface area (Å²) >= 11 is 0. The second kappa shape index (κ2) is 10.7. The summed E-state index contributed by atoms with van der Waals surface area (Å²) in [7, 11) is 1.67. The van der Waals surface area contributed by atoms with Crippen molar-refractivity contribution in [2.45, 2.75) is 25.7 Å². The number of aromatic nitrogens is 2. The normalized spacial score (nSPS) is 16.3. The molecule has 8 heteroatoms. The molecule has 4 aromatic rings. The van der Waals surface area contributed by atoms with Gasteiger partial charge in [-0.25, -0.2) is 0 Å². The summed E-state index contributed by atoms with van der Waals surface area (Å²) in [5.41, 5.74) is 6.91. The zero-order valence-corrected chi connectivity index (χ0v) is 21.3. The molecule has 38 heavy (non-hydrogen) atoms. The van der Waals surface area contributed by atoms with Gasteiger partial charge in [-0.3, -0.25) is 9.78 Å². The summed E-state index contributed by atoms with van der Waals surface area (Å²) in [5, 5.41) is 3.49. The number of nitrogens with zero attached hydrogens (tertiary/aromatic N) is 2. The third kappa shape index (κ3) is 5.01. The highest BCUT2D eigenvalue weighted by Crippen LogP contribution is 2.43. The van der Waals surface area contributed by atoms with Crippen molar-refractivity contribution in [2.24, 2.45) is 0 Å². The van der Waals surface area contributed by atoms with Crippen LogP contribution in [-0.2, 0) is 29.0 Å². The number of anilines is 2. The van der Waals surface area contributed by atoms with E-state index in [-0.39, 0.29) is 11.7 Å². The van der Waals surface area contributed by atoms with E-state index in [1.54, 1.807) is 13.3 Å². The summed E-state index contributed by atoms with van der Waals surface area (Å²) in [6.07, 6.45) is 4.12. The van der Waals surface area contributed by atoms with Crippen molar-refractivity contribution >= 4 is 11.4 Å². The zero-order chi connectivity index (χ0) is 25.9. The molecular formula is C30H30N4O4. The van der Waals surface area contributed by atoms with Gasteiger partial charge in [0, 0.05) is 62.4 Å². The van der Waals surface area contributed by atoms with E-state index in [0.29, 0.717) is 38.5 Å². The first-order valence-corrected chi connectivity index (χ1v) is 12.8. The van der Waals surface area contributed by atoms with Gasteiger partial charge < -0.3 is 29.4 Å². The first kappa shape index (κ1) is 24.2. The van der Waals surface area contributed by atoms with Gasteiger partial charge in [0.05, 0.1) is 18.9 Å². The molecule has 8 nitrogen and oxygen atoms in total. The highest BCUT2D eigenvalue weighted by atomic mass is 16.5. The lowest BCUT2D eigenvalue weighted by atomic mass is 9.95. The second-order valence-electron chi connectivity index (χ2n) is 9.57. The molecule has 2 aliphatic heterocycles. The second-order valence-corrected chi connectivity index (χ2v) is 9.57. The number of aromatic amines is 1. The molecule has 2 N–H and O–H groups in total. The SMILES string of the molecule is COCc1ccc(CNc2ccc3c(c2)Cc2cccc(C4CN(c5ccc[nH]c5=O)CCO4)c2O3)cn1. The van der Waals surface area contributed by atoms with Gasteiger partial charge in [-0.05, 0) is 47.5 Å². The largest absolute Gasteiger partial charge is 0.456 e. The fraction of sp³-hybridized carbons (Fsp3) is 0.267. The van der Waals surface area contributed by atoms with E-state index in [2.05, 4.69) is 50.5 Å². The van der Waals surface area contributed by atoms with Gasteiger partial charge in [0.1, 0.15) is 23.3 Å². The number of H-pyrrole nitrogens is 1. The van der Waals surface area contributed by atoms with Gasteiger partial charge >= 0.3 is 0 Å². The van der Waals surface area contributed by atoms with Gasteiger partial charge in [0.2, 0.25) is 0 Å². The van der Waals surface area contributed by atoms with Gasteiger partial charge in [0.25, 0.3) is 5.56 Å². The molecule has 0 amide bonds. The fourth-order valence-electron chi connectivity index (χ4n) is 5.08. The van der Waals surface area contributed by atoms with Crippen molar-refractivity contribution in [3.63, 3.8) is 0 Å². The Morgan fingerprint density at radius 3 is 2.92 bits per heavy atom. The first-order chi connectivity index (χ1) is 18.7. The van der Waals surface area contributed by atoms with Crippen LogP contribution in [0.25, 0.3) is 0 Å². The summed E-state index contributed by atoms with van der Waals surface area (Å²) in [6.45, 7) is 2.99. The van der Waals surface area contributed by atoms with Crippen LogP contribution in [-0.4, -0.2) is 36.8 Å². The van der Waals surface area contributed by atoms with Gasteiger partial charge in [-0.2, -0.15) is 0 Å². The van der Waals surface area contributed by atoms with E-state index in [9.17, 15) is 4.79 Å².